The Bertz CT molecular complexity index is 814. The molecule has 0 aromatic heterocycles. The quantitative estimate of drug-likeness (QED) is 0.301. The van der Waals surface area contributed by atoms with Crippen LogP contribution in [0.4, 0.5) is 0 Å². The lowest BCUT2D eigenvalue weighted by Crippen LogP contribution is -2.05. The van der Waals surface area contributed by atoms with E-state index in [1.54, 1.807) is 6.21 Å². The van der Waals surface area contributed by atoms with Crippen LogP contribution in [0.1, 0.15) is 11.1 Å². The van der Waals surface area contributed by atoms with E-state index in [9.17, 15) is 5.21 Å². The highest BCUT2D eigenvalue weighted by Gasteiger charge is 1.97. The van der Waals surface area contributed by atoms with E-state index < -0.39 is 0 Å². The number of benzene rings is 3. The van der Waals surface area contributed by atoms with E-state index in [1.807, 2.05) is 60.7 Å². The Morgan fingerprint density at radius 1 is 0.818 bits per heavy atom. The molecule has 22 heavy (non-hydrogen) atoms. The largest absolute Gasteiger partial charge is 0.624 e. The van der Waals surface area contributed by atoms with Crippen molar-refractivity contribution in [2.75, 3.05) is 6.54 Å². The molecule has 0 unspecified atom stereocenters. The van der Waals surface area contributed by atoms with Crippen LogP contribution in [-0.4, -0.2) is 17.5 Å². The number of fused-ring (bicyclic) bond motifs is 1. The third-order valence-corrected chi connectivity index (χ3v) is 3.50. The first-order valence-electron chi connectivity index (χ1n) is 7.31. The van der Waals surface area contributed by atoms with Gasteiger partial charge in [-0.05, 0) is 34.5 Å². The van der Waals surface area contributed by atoms with Gasteiger partial charge in [0.05, 0.1) is 0 Å². The number of hydrogen-bond acceptors (Lipinski definition) is 1. The Morgan fingerprint density at radius 3 is 2.41 bits per heavy atom. The minimum absolute atomic E-state index is 0.331. The van der Waals surface area contributed by atoms with Gasteiger partial charge < -0.3 is 5.21 Å². The first-order valence-corrected chi connectivity index (χ1v) is 7.31. The predicted octanol–water partition coefficient (Wildman–Crippen LogP) is 4.48. The summed E-state index contributed by atoms with van der Waals surface area (Å²) >= 11 is 0. The summed E-state index contributed by atoms with van der Waals surface area (Å²) in [5.41, 5.74) is 2.04. The van der Waals surface area contributed by atoms with Crippen molar-refractivity contribution < 1.29 is 4.74 Å². The molecule has 0 aliphatic heterocycles. The van der Waals surface area contributed by atoms with Crippen molar-refractivity contribution in [2.24, 2.45) is 0 Å². The fraction of sp³-hybridized carbons (Fsp3) is 0.0500. The van der Waals surface area contributed by atoms with Crippen molar-refractivity contribution in [1.29, 1.82) is 0 Å². The molecule has 3 aromatic rings. The summed E-state index contributed by atoms with van der Waals surface area (Å²) in [6, 6.07) is 24.1. The number of rotatable bonds is 4. The molecule has 0 saturated carbocycles. The van der Waals surface area contributed by atoms with Gasteiger partial charge in [0.25, 0.3) is 0 Å². The van der Waals surface area contributed by atoms with Crippen LogP contribution in [0.3, 0.4) is 0 Å². The molecule has 0 fully saturated rings. The van der Waals surface area contributed by atoms with E-state index in [0.29, 0.717) is 6.54 Å². The van der Waals surface area contributed by atoms with Crippen molar-refractivity contribution in [3.05, 3.63) is 95.2 Å². The lowest BCUT2D eigenvalue weighted by molar-refractivity contribution is -0.440. The Kier molecular flexibility index (Phi) is 4.30. The van der Waals surface area contributed by atoms with Gasteiger partial charge in [0.1, 0.15) is 0 Å². The van der Waals surface area contributed by atoms with Crippen LogP contribution in [0.15, 0.2) is 78.9 Å². The van der Waals surface area contributed by atoms with Gasteiger partial charge in [0.2, 0.25) is 0 Å². The number of hydrogen-bond donors (Lipinski definition) is 0. The molecule has 0 aliphatic carbocycles. The summed E-state index contributed by atoms with van der Waals surface area (Å²) in [4.78, 5) is 0. The molecule has 2 nitrogen and oxygen atoms in total. The first kappa shape index (κ1) is 14.1. The zero-order chi connectivity index (χ0) is 15.2. The first-order chi connectivity index (χ1) is 10.8. The second-order valence-corrected chi connectivity index (χ2v) is 5.11. The Balaban J connectivity index is 1.75. The number of hydroxylamine groups is 1. The number of nitrogens with zero attached hydrogens (tertiary/aromatic N) is 1. The van der Waals surface area contributed by atoms with Crippen molar-refractivity contribution >= 4 is 23.1 Å². The van der Waals surface area contributed by atoms with Crippen LogP contribution in [0.25, 0.3) is 16.8 Å². The maximum atomic E-state index is 11.9. The normalized spacial score (nSPS) is 12.1. The summed E-state index contributed by atoms with van der Waals surface area (Å²) in [6.07, 6.45) is 5.51. The molecule has 0 heterocycles. The zero-order valence-electron chi connectivity index (χ0n) is 12.2. The van der Waals surface area contributed by atoms with Crippen molar-refractivity contribution in [3.63, 3.8) is 0 Å². The predicted molar refractivity (Wildman–Crippen MR) is 93.1 cm³/mol. The fourth-order valence-electron chi connectivity index (χ4n) is 2.44. The molecule has 3 rings (SSSR count). The monoisotopic (exact) mass is 287 g/mol. The SMILES string of the molecule is [O-]/[N+](=C\c1ccccc1)C/C=C/c1cccc2ccccc12. The summed E-state index contributed by atoms with van der Waals surface area (Å²) in [6.45, 7) is 0.331. The fourth-order valence-corrected chi connectivity index (χ4v) is 2.44. The highest BCUT2D eigenvalue weighted by atomic mass is 16.5. The third kappa shape index (κ3) is 3.41. The molecule has 0 aliphatic rings. The van der Waals surface area contributed by atoms with E-state index in [-0.39, 0.29) is 0 Å². The van der Waals surface area contributed by atoms with E-state index in [2.05, 4.69) is 24.3 Å². The smallest absolute Gasteiger partial charge is 0.182 e. The van der Waals surface area contributed by atoms with Crippen LogP contribution < -0.4 is 0 Å². The summed E-state index contributed by atoms with van der Waals surface area (Å²) in [5, 5.41) is 14.3. The van der Waals surface area contributed by atoms with E-state index in [4.69, 9.17) is 0 Å². The summed E-state index contributed by atoms with van der Waals surface area (Å²) < 4.78 is 0.941. The average molecular weight is 287 g/mol. The van der Waals surface area contributed by atoms with Gasteiger partial charge in [-0.3, -0.25) is 0 Å². The maximum absolute atomic E-state index is 11.9. The van der Waals surface area contributed by atoms with E-state index >= 15 is 0 Å². The van der Waals surface area contributed by atoms with Gasteiger partial charge >= 0.3 is 0 Å². The maximum Gasteiger partial charge on any atom is 0.182 e. The highest BCUT2D eigenvalue weighted by Crippen LogP contribution is 2.19. The van der Waals surface area contributed by atoms with Crippen molar-refractivity contribution in [1.82, 2.24) is 0 Å². The minimum atomic E-state index is 0.331. The van der Waals surface area contributed by atoms with Gasteiger partial charge in [-0.15, -0.1) is 0 Å². The zero-order valence-corrected chi connectivity index (χ0v) is 12.2. The van der Waals surface area contributed by atoms with Gasteiger partial charge in [0.15, 0.2) is 12.8 Å². The molecule has 0 atom stereocenters. The van der Waals surface area contributed by atoms with Crippen LogP contribution in [-0.2, 0) is 0 Å². The van der Waals surface area contributed by atoms with Crippen LogP contribution in [0.5, 0.6) is 0 Å². The summed E-state index contributed by atoms with van der Waals surface area (Å²) in [5.74, 6) is 0. The third-order valence-electron chi connectivity index (χ3n) is 3.50. The summed E-state index contributed by atoms with van der Waals surface area (Å²) in [7, 11) is 0. The standard InChI is InChI=1S/C20H17NO/c22-21(16-17-8-2-1-3-9-17)15-7-13-19-12-6-11-18-10-4-5-14-20(18)19/h1-14,16H,15H2/b13-7+,21-16-. The van der Waals surface area contributed by atoms with Crippen molar-refractivity contribution in [3.8, 4) is 0 Å². The molecular weight excluding hydrogens is 270 g/mol. The molecule has 0 N–H and O–H groups in total. The van der Waals surface area contributed by atoms with Crippen LogP contribution in [0, 0.1) is 5.21 Å². The van der Waals surface area contributed by atoms with Gasteiger partial charge in [-0.25, -0.2) is 4.74 Å². The lowest BCUT2D eigenvalue weighted by Gasteiger charge is -2.02. The molecule has 3 aromatic carbocycles. The van der Waals surface area contributed by atoms with Gasteiger partial charge in [0, 0.05) is 5.56 Å². The van der Waals surface area contributed by atoms with Gasteiger partial charge in [-0.1, -0.05) is 66.7 Å². The molecule has 0 radical (unpaired) electrons. The topological polar surface area (TPSA) is 26.1 Å². The Hall–Kier alpha value is -2.87. The molecule has 108 valence electrons. The molecule has 2 heteroatoms. The van der Waals surface area contributed by atoms with Crippen LogP contribution >= 0.6 is 0 Å². The van der Waals surface area contributed by atoms with Gasteiger partial charge in [-0.2, -0.15) is 0 Å². The highest BCUT2D eigenvalue weighted by molar-refractivity contribution is 5.90. The molecule has 0 amide bonds. The van der Waals surface area contributed by atoms with E-state index in [0.717, 1.165) is 15.9 Å². The molecule has 0 saturated heterocycles. The van der Waals surface area contributed by atoms with Crippen molar-refractivity contribution in [2.45, 2.75) is 0 Å². The molecule has 0 spiro atoms. The minimum Gasteiger partial charge on any atom is -0.624 e. The Morgan fingerprint density at radius 2 is 1.55 bits per heavy atom. The Labute approximate surface area is 130 Å². The van der Waals surface area contributed by atoms with E-state index in [1.165, 1.54) is 10.8 Å². The average Bonchev–Trinajstić information content (AvgIpc) is 2.56. The van der Waals surface area contributed by atoms with Crippen LogP contribution in [0.2, 0.25) is 0 Å². The molecular formula is C20H17NO. The molecule has 0 bridgehead atoms. The second kappa shape index (κ2) is 6.72. The lowest BCUT2D eigenvalue weighted by atomic mass is 10.0. The second-order valence-electron chi connectivity index (χ2n) is 5.11.